The zero-order valence-electron chi connectivity index (χ0n) is 5.93. The van der Waals surface area contributed by atoms with Gasteiger partial charge in [0.25, 0.3) is 0 Å². The second-order valence-corrected chi connectivity index (χ2v) is 3.63. The van der Waals surface area contributed by atoms with Gasteiger partial charge in [-0.3, -0.25) is 0 Å². The number of hydrogen-bond donors (Lipinski definition) is 0. The second kappa shape index (κ2) is 4.18. The van der Waals surface area contributed by atoms with Crippen LogP contribution in [0.1, 0.15) is 19.3 Å². The van der Waals surface area contributed by atoms with Gasteiger partial charge >= 0.3 is 0 Å². The Morgan fingerprint density at radius 2 is 2.22 bits per heavy atom. The Bertz CT molecular complexity index is 67.3. The average molecular weight is 146 g/mol. The molecule has 1 saturated heterocycles. The van der Waals surface area contributed by atoms with E-state index in [9.17, 15) is 0 Å². The molecule has 54 valence electrons. The van der Waals surface area contributed by atoms with Crippen LogP contribution in [0.4, 0.5) is 0 Å². The van der Waals surface area contributed by atoms with Crippen molar-refractivity contribution in [2.75, 3.05) is 18.6 Å². The van der Waals surface area contributed by atoms with Gasteiger partial charge in [0, 0.05) is 7.11 Å². The number of ether oxygens (including phenoxy) is 1. The van der Waals surface area contributed by atoms with Gasteiger partial charge in [0.1, 0.15) is 0 Å². The molecule has 2 heteroatoms. The van der Waals surface area contributed by atoms with Gasteiger partial charge in [-0.15, -0.1) is 0 Å². The quantitative estimate of drug-likeness (QED) is 0.559. The van der Waals surface area contributed by atoms with Gasteiger partial charge in [-0.25, -0.2) is 0 Å². The summed E-state index contributed by atoms with van der Waals surface area (Å²) in [5, 5.41) is 0. The lowest BCUT2D eigenvalue weighted by molar-refractivity contribution is 0.0939. The van der Waals surface area contributed by atoms with E-state index in [1.54, 1.807) is 0 Å². The van der Waals surface area contributed by atoms with Crippen LogP contribution in [0.5, 0.6) is 0 Å². The Labute approximate surface area is 61.2 Å². The summed E-state index contributed by atoms with van der Waals surface area (Å²) in [5.74, 6) is 2.62. The van der Waals surface area contributed by atoms with E-state index in [4.69, 9.17) is 4.74 Å². The summed E-state index contributed by atoms with van der Waals surface area (Å²) in [6.45, 7) is 0. The molecule has 0 aromatic rings. The van der Waals surface area contributed by atoms with Crippen LogP contribution >= 0.6 is 11.8 Å². The maximum atomic E-state index is 5.26. The minimum Gasteiger partial charge on any atom is -0.381 e. The van der Waals surface area contributed by atoms with Crippen LogP contribution in [0, 0.1) is 0 Å². The van der Waals surface area contributed by atoms with E-state index in [1.165, 1.54) is 30.8 Å². The van der Waals surface area contributed by atoms with Gasteiger partial charge in [0.2, 0.25) is 0 Å². The number of rotatable bonds is 1. The highest BCUT2D eigenvalue weighted by Crippen LogP contribution is 2.18. The van der Waals surface area contributed by atoms with E-state index in [1.807, 2.05) is 7.11 Å². The van der Waals surface area contributed by atoms with E-state index in [0.717, 1.165) is 0 Å². The van der Waals surface area contributed by atoms with Gasteiger partial charge < -0.3 is 4.74 Å². The fraction of sp³-hybridized carbons (Fsp3) is 1.00. The Kier molecular flexibility index (Phi) is 3.44. The first-order valence-electron chi connectivity index (χ1n) is 3.54. The third-order valence-corrected chi connectivity index (χ3v) is 2.83. The van der Waals surface area contributed by atoms with Gasteiger partial charge in [0.15, 0.2) is 0 Å². The molecule has 1 rings (SSSR count). The Morgan fingerprint density at radius 3 is 3.00 bits per heavy atom. The monoisotopic (exact) mass is 146 g/mol. The van der Waals surface area contributed by atoms with E-state index < -0.39 is 0 Å². The van der Waals surface area contributed by atoms with Crippen molar-refractivity contribution in [3.05, 3.63) is 0 Å². The fourth-order valence-corrected chi connectivity index (χ4v) is 2.11. The molecule has 1 fully saturated rings. The van der Waals surface area contributed by atoms with E-state index in [0.29, 0.717) is 6.10 Å². The maximum absolute atomic E-state index is 5.26. The molecular formula is C7H14OS. The minimum atomic E-state index is 0.556. The predicted molar refractivity (Wildman–Crippen MR) is 42.0 cm³/mol. The second-order valence-electron chi connectivity index (χ2n) is 2.40. The van der Waals surface area contributed by atoms with Crippen molar-refractivity contribution in [2.45, 2.75) is 25.4 Å². The predicted octanol–water partition coefficient (Wildman–Crippen LogP) is 1.92. The topological polar surface area (TPSA) is 9.23 Å². The van der Waals surface area contributed by atoms with Gasteiger partial charge in [-0.2, -0.15) is 11.8 Å². The van der Waals surface area contributed by atoms with E-state index in [2.05, 4.69) is 11.8 Å². The lowest BCUT2D eigenvalue weighted by Crippen LogP contribution is -2.09. The lowest BCUT2D eigenvalue weighted by Gasteiger charge is -2.09. The van der Waals surface area contributed by atoms with Gasteiger partial charge in [-0.05, 0) is 30.8 Å². The van der Waals surface area contributed by atoms with E-state index in [-0.39, 0.29) is 0 Å². The van der Waals surface area contributed by atoms with E-state index >= 15 is 0 Å². The van der Waals surface area contributed by atoms with Crippen molar-refractivity contribution in [3.63, 3.8) is 0 Å². The average Bonchev–Trinajstić information content (AvgIpc) is 2.13. The Balaban J connectivity index is 2.18. The Morgan fingerprint density at radius 1 is 1.33 bits per heavy atom. The fourth-order valence-electron chi connectivity index (χ4n) is 1.11. The molecule has 0 spiro atoms. The molecule has 1 aliphatic heterocycles. The SMILES string of the molecule is COC1CCCSCC1. The highest BCUT2D eigenvalue weighted by molar-refractivity contribution is 7.99. The molecule has 0 aromatic heterocycles. The maximum Gasteiger partial charge on any atom is 0.0579 e. The first-order chi connectivity index (χ1) is 4.43. The molecule has 0 radical (unpaired) electrons. The van der Waals surface area contributed by atoms with Crippen molar-refractivity contribution in [1.29, 1.82) is 0 Å². The summed E-state index contributed by atoms with van der Waals surface area (Å²) >= 11 is 2.05. The number of methoxy groups -OCH3 is 1. The molecule has 0 N–H and O–H groups in total. The molecule has 1 unspecified atom stereocenters. The van der Waals surface area contributed by atoms with Crippen LogP contribution in [0.25, 0.3) is 0 Å². The summed E-state index contributed by atoms with van der Waals surface area (Å²) in [7, 11) is 1.82. The molecule has 0 aliphatic carbocycles. The lowest BCUT2D eigenvalue weighted by atomic mass is 10.2. The highest BCUT2D eigenvalue weighted by atomic mass is 32.2. The van der Waals surface area contributed by atoms with Crippen molar-refractivity contribution in [3.8, 4) is 0 Å². The molecule has 0 saturated carbocycles. The largest absolute Gasteiger partial charge is 0.381 e. The summed E-state index contributed by atoms with van der Waals surface area (Å²) in [5.41, 5.74) is 0. The molecule has 1 heterocycles. The number of thioether (sulfide) groups is 1. The zero-order valence-corrected chi connectivity index (χ0v) is 6.75. The summed E-state index contributed by atoms with van der Waals surface area (Å²) in [6, 6.07) is 0. The van der Waals surface area contributed by atoms with Crippen LogP contribution in [-0.2, 0) is 4.74 Å². The van der Waals surface area contributed by atoms with Crippen molar-refractivity contribution in [1.82, 2.24) is 0 Å². The van der Waals surface area contributed by atoms with Crippen molar-refractivity contribution < 1.29 is 4.74 Å². The third kappa shape index (κ3) is 2.59. The normalized spacial score (nSPS) is 29.7. The van der Waals surface area contributed by atoms with Crippen LogP contribution in [0.15, 0.2) is 0 Å². The van der Waals surface area contributed by atoms with Crippen LogP contribution < -0.4 is 0 Å². The standard InChI is InChI=1S/C7H14OS/c1-8-7-3-2-5-9-6-4-7/h7H,2-6H2,1H3. The molecule has 1 atom stereocenters. The smallest absolute Gasteiger partial charge is 0.0579 e. The molecule has 0 amide bonds. The highest BCUT2D eigenvalue weighted by Gasteiger charge is 2.09. The molecule has 9 heavy (non-hydrogen) atoms. The minimum absolute atomic E-state index is 0.556. The molecular weight excluding hydrogens is 132 g/mol. The third-order valence-electron chi connectivity index (χ3n) is 1.73. The van der Waals surface area contributed by atoms with Crippen LogP contribution in [0.2, 0.25) is 0 Å². The summed E-state index contributed by atoms with van der Waals surface area (Å²) in [4.78, 5) is 0. The van der Waals surface area contributed by atoms with Crippen LogP contribution in [0.3, 0.4) is 0 Å². The summed E-state index contributed by atoms with van der Waals surface area (Å²) in [6.07, 6.45) is 4.41. The van der Waals surface area contributed by atoms with Crippen molar-refractivity contribution in [2.24, 2.45) is 0 Å². The first-order valence-corrected chi connectivity index (χ1v) is 4.69. The molecule has 0 bridgehead atoms. The van der Waals surface area contributed by atoms with Gasteiger partial charge in [-0.1, -0.05) is 0 Å². The molecule has 0 aromatic carbocycles. The zero-order chi connectivity index (χ0) is 6.53. The van der Waals surface area contributed by atoms with Crippen LogP contribution in [-0.4, -0.2) is 24.7 Å². The molecule has 1 nitrogen and oxygen atoms in total. The number of hydrogen-bond acceptors (Lipinski definition) is 2. The summed E-state index contributed by atoms with van der Waals surface area (Å²) < 4.78 is 5.26. The first kappa shape index (κ1) is 7.42. The Hall–Kier alpha value is 0.310. The van der Waals surface area contributed by atoms with Gasteiger partial charge in [0.05, 0.1) is 6.10 Å². The van der Waals surface area contributed by atoms with Crippen molar-refractivity contribution >= 4 is 11.8 Å². The molecule has 1 aliphatic rings.